The van der Waals surface area contributed by atoms with E-state index in [9.17, 15) is 8.42 Å². The summed E-state index contributed by atoms with van der Waals surface area (Å²) in [5.41, 5.74) is 0. The molecule has 0 amide bonds. The zero-order valence-electron chi connectivity index (χ0n) is 3.76. The molecule has 0 bridgehead atoms. The molecule has 1 rings (SSSR count). The van der Waals surface area contributed by atoms with Crippen LogP contribution in [0.1, 0.15) is 0 Å². The van der Waals surface area contributed by atoms with Crippen molar-refractivity contribution >= 4 is 40.3 Å². The molecule has 0 aromatic heterocycles. The Kier molecular flexibility index (Phi) is 4.28. The van der Waals surface area contributed by atoms with E-state index in [1.54, 1.807) is 0 Å². The summed E-state index contributed by atoms with van der Waals surface area (Å²) >= 11 is 0. The van der Waals surface area contributed by atoms with Crippen molar-refractivity contribution in [2.45, 2.75) is 6.04 Å². The van der Waals surface area contributed by atoms with Gasteiger partial charge in [-0.15, -0.1) is 0 Å². The van der Waals surface area contributed by atoms with E-state index in [4.69, 9.17) is 0 Å². The second kappa shape index (κ2) is 3.85. The van der Waals surface area contributed by atoms with Gasteiger partial charge >= 0.3 is 29.6 Å². The third-order valence-electron chi connectivity index (χ3n) is 0.862. The number of rotatable bonds is 2. The van der Waals surface area contributed by atoms with Crippen LogP contribution in [0.15, 0.2) is 0 Å². The molecule has 1 N–H and O–H groups in total. The third-order valence-corrected chi connectivity index (χ3v) is 1.60. The Morgan fingerprint density at radius 1 is 1.62 bits per heavy atom. The fourth-order valence-electron chi connectivity index (χ4n) is 0.392. The summed E-state index contributed by atoms with van der Waals surface area (Å²) in [5.74, 6) is 0.315. The fourth-order valence-corrected chi connectivity index (χ4v) is 1.01. The predicted molar refractivity (Wildman–Crippen MR) is 34.1 cm³/mol. The van der Waals surface area contributed by atoms with Crippen molar-refractivity contribution in [3.63, 3.8) is 0 Å². The van der Waals surface area contributed by atoms with Crippen LogP contribution in [0.4, 0.5) is 0 Å². The van der Waals surface area contributed by atoms with Crippen LogP contribution >= 0.6 is 0 Å². The SMILES string of the molecule is O=[SH](=O)CC1CN1.[NaH]. The molecule has 0 aromatic carbocycles. The van der Waals surface area contributed by atoms with Gasteiger partial charge in [0, 0.05) is 12.6 Å². The quantitative estimate of drug-likeness (QED) is 0.266. The van der Waals surface area contributed by atoms with Gasteiger partial charge in [0.15, 0.2) is 0 Å². The Morgan fingerprint density at radius 3 is 2.25 bits per heavy atom. The van der Waals surface area contributed by atoms with Crippen LogP contribution in [0, 0.1) is 0 Å². The molecule has 3 nitrogen and oxygen atoms in total. The van der Waals surface area contributed by atoms with Gasteiger partial charge in [0.2, 0.25) is 0 Å². The second-order valence-corrected chi connectivity index (χ2v) is 2.65. The Bertz CT molecular complexity index is 123. The molecule has 1 unspecified atom stereocenters. The summed E-state index contributed by atoms with van der Waals surface area (Å²) in [5, 5.41) is 2.88. The average Bonchev–Trinajstić information content (AvgIpc) is 2.17. The number of hydrogen-bond donors (Lipinski definition) is 2. The summed E-state index contributed by atoms with van der Waals surface area (Å²) in [6, 6.07) is 0.279. The van der Waals surface area contributed by atoms with Gasteiger partial charge in [-0.3, -0.25) is 0 Å². The van der Waals surface area contributed by atoms with Crippen molar-refractivity contribution in [2.24, 2.45) is 0 Å². The molecule has 1 aliphatic rings. The molecule has 0 aromatic rings. The molecule has 1 atom stereocenters. The first-order valence-corrected chi connectivity index (χ1v) is 3.50. The van der Waals surface area contributed by atoms with E-state index in [1.165, 1.54) is 0 Å². The van der Waals surface area contributed by atoms with Crippen LogP contribution in [-0.4, -0.2) is 56.3 Å². The second-order valence-electron chi connectivity index (χ2n) is 1.62. The van der Waals surface area contributed by atoms with Crippen molar-refractivity contribution in [1.29, 1.82) is 0 Å². The molecule has 0 radical (unpaired) electrons. The van der Waals surface area contributed by atoms with E-state index in [2.05, 4.69) is 5.32 Å². The van der Waals surface area contributed by atoms with Gasteiger partial charge in [0.05, 0.1) is 5.75 Å². The topological polar surface area (TPSA) is 56.1 Å². The van der Waals surface area contributed by atoms with E-state index in [1.807, 2.05) is 0 Å². The summed E-state index contributed by atoms with van der Waals surface area (Å²) in [6.07, 6.45) is 0. The molecule has 0 aliphatic carbocycles. The van der Waals surface area contributed by atoms with Gasteiger partial charge in [0.1, 0.15) is 10.7 Å². The molecule has 0 spiro atoms. The van der Waals surface area contributed by atoms with Crippen molar-refractivity contribution in [1.82, 2.24) is 5.32 Å². The Morgan fingerprint density at radius 2 is 2.12 bits per heavy atom. The van der Waals surface area contributed by atoms with Crippen molar-refractivity contribution in [2.75, 3.05) is 12.3 Å². The van der Waals surface area contributed by atoms with E-state index in [0.717, 1.165) is 6.54 Å². The zero-order valence-corrected chi connectivity index (χ0v) is 4.65. The predicted octanol–water partition coefficient (Wildman–Crippen LogP) is -2.08. The van der Waals surface area contributed by atoms with Crippen LogP contribution in [0.25, 0.3) is 0 Å². The summed E-state index contributed by atoms with van der Waals surface area (Å²) in [6.45, 7) is 0.878. The van der Waals surface area contributed by atoms with E-state index < -0.39 is 10.7 Å². The molecule has 1 saturated heterocycles. The molecular formula is C3H8NNaO2S. The number of nitrogens with one attached hydrogen (secondary N) is 1. The molecule has 1 aliphatic heterocycles. The van der Waals surface area contributed by atoms with Crippen molar-refractivity contribution in [3.05, 3.63) is 0 Å². The van der Waals surface area contributed by atoms with Gasteiger partial charge < -0.3 is 5.32 Å². The van der Waals surface area contributed by atoms with Crippen molar-refractivity contribution in [3.8, 4) is 0 Å². The molecule has 1 fully saturated rings. The van der Waals surface area contributed by atoms with E-state index >= 15 is 0 Å². The first-order valence-electron chi connectivity index (χ1n) is 2.14. The molecular weight excluding hydrogens is 137 g/mol. The van der Waals surface area contributed by atoms with Gasteiger partial charge in [-0.2, -0.15) is 0 Å². The van der Waals surface area contributed by atoms with Crippen LogP contribution in [0.5, 0.6) is 0 Å². The standard InChI is InChI=1S/C3H7NO2S.Na.H/c5-7(6)2-3-1-4-3;;/h3-4,7H,1-2H2;;. The van der Waals surface area contributed by atoms with Crippen molar-refractivity contribution < 1.29 is 8.42 Å². The Hall–Kier alpha value is 0.910. The van der Waals surface area contributed by atoms with Gasteiger partial charge in [-0.1, -0.05) is 0 Å². The van der Waals surface area contributed by atoms with E-state index in [0.29, 0.717) is 5.75 Å². The van der Waals surface area contributed by atoms with Crippen LogP contribution in [0.3, 0.4) is 0 Å². The molecule has 44 valence electrons. The summed E-state index contributed by atoms with van der Waals surface area (Å²) in [4.78, 5) is 0. The first kappa shape index (κ1) is 8.91. The molecule has 0 saturated carbocycles. The Balaban J connectivity index is 0.000000490. The maximum atomic E-state index is 9.85. The van der Waals surface area contributed by atoms with Gasteiger partial charge in [0.25, 0.3) is 0 Å². The zero-order chi connectivity index (χ0) is 5.28. The van der Waals surface area contributed by atoms with E-state index in [-0.39, 0.29) is 35.6 Å². The van der Waals surface area contributed by atoms with Gasteiger partial charge in [-0.05, 0) is 0 Å². The van der Waals surface area contributed by atoms with Crippen LogP contribution in [0.2, 0.25) is 0 Å². The normalized spacial score (nSPS) is 24.9. The minimum absolute atomic E-state index is 0. The summed E-state index contributed by atoms with van der Waals surface area (Å²) < 4.78 is 19.7. The molecule has 5 heteroatoms. The molecule has 8 heavy (non-hydrogen) atoms. The minimum atomic E-state index is -2.14. The fraction of sp³-hybridized carbons (Fsp3) is 1.00. The number of thiol groups is 1. The first-order chi connectivity index (χ1) is 3.29. The van der Waals surface area contributed by atoms with Gasteiger partial charge in [-0.25, -0.2) is 8.42 Å². The maximum absolute atomic E-state index is 9.85. The third kappa shape index (κ3) is 3.86. The monoisotopic (exact) mass is 145 g/mol. The van der Waals surface area contributed by atoms with Crippen LogP contribution in [-0.2, 0) is 10.7 Å². The average molecular weight is 145 g/mol. The Labute approximate surface area is 72.1 Å². The number of hydrogen-bond acceptors (Lipinski definition) is 3. The summed E-state index contributed by atoms with van der Waals surface area (Å²) in [7, 11) is -2.14. The molecule has 1 heterocycles. The van der Waals surface area contributed by atoms with Crippen LogP contribution < -0.4 is 5.32 Å².